The van der Waals surface area contributed by atoms with Gasteiger partial charge in [0.15, 0.2) is 0 Å². The first-order chi connectivity index (χ1) is 13.8. The number of nitrogens with zero attached hydrogens (tertiary/aromatic N) is 4. The summed E-state index contributed by atoms with van der Waals surface area (Å²) in [6.07, 6.45) is 6.37. The van der Waals surface area contributed by atoms with E-state index in [0.29, 0.717) is 0 Å². The third kappa shape index (κ3) is 3.67. The highest BCUT2D eigenvalue weighted by molar-refractivity contribution is 5.81. The first-order valence-corrected chi connectivity index (χ1v) is 9.41. The van der Waals surface area contributed by atoms with E-state index in [-0.39, 0.29) is 0 Å². The zero-order valence-corrected chi connectivity index (χ0v) is 16.1. The number of anilines is 1. The van der Waals surface area contributed by atoms with Crippen LogP contribution in [0.3, 0.4) is 0 Å². The van der Waals surface area contributed by atoms with Crippen molar-refractivity contribution in [2.45, 2.75) is 19.9 Å². The number of methoxy groups -OCH3 is 1. The highest BCUT2D eigenvalue weighted by Gasteiger charge is 2.07. The molecule has 0 atom stereocenters. The summed E-state index contributed by atoms with van der Waals surface area (Å²) in [4.78, 5) is 13.4. The number of hydrogen-bond donors (Lipinski definition) is 1. The largest absolute Gasteiger partial charge is 0.496 e. The van der Waals surface area contributed by atoms with Crippen LogP contribution in [0, 0.1) is 0 Å². The lowest BCUT2D eigenvalue weighted by Crippen LogP contribution is -2.07. The number of hydrogen-bond acceptors (Lipinski definition) is 5. The second-order valence-electron chi connectivity index (χ2n) is 6.52. The van der Waals surface area contributed by atoms with Crippen molar-refractivity contribution in [2.24, 2.45) is 0 Å². The molecule has 0 aliphatic heterocycles. The summed E-state index contributed by atoms with van der Waals surface area (Å²) in [5, 5.41) is 4.49. The maximum Gasteiger partial charge on any atom is 0.139 e. The van der Waals surface area contributed by atoms with E-state index in [4.69, 9.17) is 4.74 Å². The summed E-state index contributed by atoms with van der Waals surface area (Å²) in [6.45, 7) is 3.78. The summed E-state index contributed by atoms with van der Waals surface area (Å²) in [5.74, 6) is 1.71. The third-order valence-corrected chi connectivity index (χ3v) is 4.80. The SMILES string of the molecule is CCn1ccc2cc(-c3cc(NCCc4ccccc4OC)ncn3)cnc21. The fourth-order valence-electron chi connectivity index (χ4n) is 3.32. The minimum atomic E-state index is 0.757. The topological polar surface area (TPSA) is 64.9 Å². The minimum Gasteiger partial charge on any atom is -0.496 e. The average molecular weight is 373 g/mol. The molecule has 142 valence electrons. The average Bonchev–Trinajstić information content (AvgIpc) is 3.16. The van der Waals surface area contributed by atoms with Crippen LogP contribution in [0.4, 0.5) is 5.82 Å². The predicted molar refractivity (Wildman–Crippen MR) is 112 cm³/mol. The number of pyridine rings is 1. The Balaban J connectivity index is 1.48. The van der Waals surface area contributed by atoms with Crippen molar-refractivity contribution in [3.05, 3.63) is 66.7 Å². The highest BCUT2D eigenvalue weighted by Crippen LogP contribution is 2.23. The molecule has 0 saturated heterocycles. The van der Waals surface area contributed by atoms with Crippen LogP contribution in [-0.2, 0) is 13.0 Å². The second-order valence-corrected chi connectivity index (χ2v) is 6.52. The summed E-state index contributed by atoms with van der Waals surface area (Å²) >= 11 is 0. The number of nitrogens with one attached hydrogen (secondary N) is 1. The molecule has 1 N–H and O–H groups in total. The van der Waals surface area contributed by atoms with Crippen LogP contribution < -0.4 is 10.1 Å². The van der Waals surface area contributed by atoms with Gasteiger partial charge in [-0.15, -0.1) is 0 Å². The molecular formula is C22H23N5O. The van der Waals surface area contributed by atoms with Crippen LogP contribution >= 0.6 is 0 Å². The summed E-state index contributed by atoms with van der Waals surface area (Å²) in [7, 11) is 1.70. The van der Waals surface area contributed by atoms with Crippen LogP contribution in [0.5, 0.6) is 5.75 Å². The van der Waals surface area contributed by atoms with E-state index < -0.39 is 0 Å². The molecule has 0 aliphatic carbocycles. The molecule has 0 saturated carbocycles. The smallest absolute Gasteiger partial charge is 0.139 e. The molecule has 0 radical (unpaired) electrons. The van der Waals surface area contributed by atoms with Crippen LogP contribution in [0.2, 0.25) is 0 Å². The van der Waals surface area contributed by atoms with Gasteiger partial charge in [-0.1, -0.05) is 18.2 Å². The lowest BCUT2D eigenvalue weighted by Gasteiger charge is -2.10. The number of fused-ring (bicyclic) bond motifs is 1. The van der Waals surface area contributed by atoms with Crippen molar-refractivity contribution < 1.29 is 4.74 Å². The van der Waals surface area contributed by atoms with Gasteiger partial charge in [0.1, 0.15) is 23.5 Å². The lowest BCUT2D eigenvalue weighted by molar-refractivity contribution is 0.410. The van der Waals surface area contributed by atoms with Gasteiger partial charge in [-0.25, -0.2) is 15.0 Å². The Labute approximate surface area is 164 Å². The maximum absolute atomic E-state index is 5.41. The molecule has 3 aromatic heterocycles. The van der Waals surface area contributed by atoms with Gasteiger partial charge in [-0.3, -0.25) is 0 Å². The quantitative estimate of drug-likeness (QED) is 0.526. The molecule has 4 rings (SSSR count). The normalized spacial score (nSPS) is 10.9. The molecular weight excluding hydrogens is 350 g/mol. The standard InChI is InChI=1S/C22H23N5O/c1-3-27-11-9-17-12-18(14-24-22(17)27)19-13-21(26-15-25-19)23-10-8-16-6-4-5-7-20(16)28-2/h4-7,9,11-15H,3,8,10H2,1-2H3,(H,23,25,26). The fraction of sp³-hybridized carbons (Fsp3) is 0.227. The van der Waals surface area contributed by atoms with Gasteiger partial charge < -0.3 is 14.6 Å². The van der Waals surface area contributed by atoms with Gasteiger partial charge in [-0.05, 0) is 37.1 Å². The molecule has 0 spiro atoms. The Morgan fingerprint density at radius 3 is 2.82 bits per heavy atom. The second kappa shape index (κ2) is 8.08. The van der Waals surface area contributed by atoms with Crippen molar-refractivity contribution in [1.29, 1.82) is 0 Å². The highest BCUT2D eigenvalue weighted by atomic mass is 16.5. The van der Waals surface area contributed by atoms with Crippen LogP contribution in [-0.4, -0.2) is 33.2 Å². The molecule has 6 nitrogen and oxygen atoms in total. The minimum absolute atomic E-state index is 0.757. The Hall–Kier alpha value is -3.41. The first-order valence-electron chi connectivity index (χ1n) is 9.41. The van der Waals surface area contributed by atoms with E-state index in [0.717, 1.165) is 53.4 Å². The van der Waals surface area contributed by atoms with Crippen LogP contribution in [0.1, 0.15) is 12.5 Å². The van der Waals surface area contributed by atoms with Crippen molar-refractivity contribution >= 4 is 16.9 Å². The Kier molecular flexibility index (Phi) is 5.19. The molecule has 0 aliphatic rings. The van der Waals surface area contributed by atoms with E-state index in [9.17, 15) is 0 Å². The molecule has 1 aromatic carbocycles. The lowest BCUT2D eigenvalue weighted by atomic mass is 10.1. The monoisotopic (exact) mass is 373 g/mol. The fourth-order valence-corrected chi connectivity index (χ4v) is 3.32. The molecule has 6 heteroatoms. The van der Waals surface area contributed by atoms with E-state index in [1.165, 1.54) is 5.56 Å². The van der Waals surface area contributed by atoms with Crippen molar-refractivity contribution in [1.82, 2.24) is 19.5 Å². The van der Waals surface area contributed by atoms with Gasteiger partial charge in [-0.2, -0.15) is 0 Å². The summed E-state index contributed by atoms with van der Waals surface area (Å²) < 4.78 is 7.54. The van der Waals surface area contributed by atoms with E-state index in [1.807, 2.05) is 30.5 Å². The first kappa shape index (κ1) is 18.0. The van der Waals surface area contributed by atoms with Gasteiger partial charge in [0.25, 0.3) is 0 Å². The number of para-hydroxylation sites is 1. The zero-order chi connectivity index (χ0) is 19.3. The molecule has 0 bridgehead atoms. The Morgan fingerprint density at radius 1 is 1.07 bits per heavy atom. The van der Waals surface area contributed by atoms with Crippen LogP contribution in [0.25, 0.3) is 22.3 Å². The molecule has 28 heavy (non-hydrogen) atoms. The summed E-state index contributed by atoms with van der Waals surface area (Å²) in [5.41, 5.74) is 4.00. The number of aryl methyl sites for hydroxylation is 1. The molecule has 0 amide bonds. The van der Waals surface area contributed by atoms with Crippen molar-refractivity contribution in [2.75, 3.05) is 19.0 Å². The number of benzene rings is 1. The predicted octanol–water partition coefficient (Wildman–Crippen LogP) is 4.18. The Bertz CT molecular complexity index is 1090. The molecule has 0 unspecified atom stereocenters. The van der Waals surface area contributed by atoms with Gasteiger partial charge in [0.05, 0.1) is 12.8 Å². The molecule has 0 fully saturated rings. The summed E-state index contributed by atoms with van der Waals surface area (Å²) in [6, 6.07) is 14.2. The third-order valence-electron chi connectivity index (χ3n) is 4.80. The van der Waals surface area contributed by atoms with Gasteiger partial charge in [0, 0.05) is 42.5 Å². The van der Waals surface area contributed by atoms with E-state index >= 15 is 0 Å². The number of rotatable bonds is 7. The maximum atomic E-state index is 5.41. The van der Waals surface area contributed by atoms with E-state index in [2.05, 4.69) is 56.2 Å². The van der Waals surface area contributed by atoms with E-state index in [1.54, 1.807) is 13.4 Å². The molecule has 3 heterocycles. The van der Waals surface area contributed by atoms with Crippen molar-refractivity contribution in [3.63, 3.8) is 0 Å². The van der Waals surface area contributed by atoms with Gasteiger partial charge >= 0.3 is 0 Å². The zero-order valence-electron chi connectivity index (χ0n) is 16.1. The van der Waals surface area contributed by atoms with Crippen molar-refractivity contribution in [3.8, 4) is 17.0 Å². The van der Waals surface area contributed by atoms with Crippen LogP contribution in [0.15, 0.2) is 61.2 Å². The van der Waals surface area contributed by atoms with Gasteiger partial charge in [0.2, 0.25) is 0 Å². The number of ether oxygens (including phenoxy) is 1. The number of aromatic nitrogens is 4. The Morgan fingerprint density at radius 2 is 1.96 bits per heavy atom. The molecule has 4 aromatic rings.